The van der Waals surface area contributed by atoms with E-state index in [0.717, 1.165) is 0 Å². The van der Waals surface area contributed by atoms with Crippen LogP contribution in [0.2, 0.25) is 0 Å². The number of H-pyrrole nitrogens is 2. The minimum Gasteiger partial charge on any atom is -0.459 e. The minimum atomic E-state index is -0.574. The van der Waals surface area contributed by atoms with Crippen molar-refractivity contribution in [1.29, 1.82) is 5.26 Å². The smallest absolute Gasteiger partial charge is 0.357 e. The SMILES string of the molecule is N#Cc1c(OCCO)[nH+]c(-c2ccccn2)[nH]c1=O. The van der Waals surface area contributed by atoms with Crippen LogP contribution in [0.5, 0.6) is 5.88 Å². The van der Waals surface area contributed by atoms with E-state index < -0.39 is 5.56 Å². The van der Waals surface area contributed by atoms with Gasteiger partial charge < -0.3 is 9.84 Å². The molecule has 0 aliphatic rings. The highest BCUT2D eigenvalue weighted by Gasteiger charge is 2.19. The van der Waals surface area contributed by atoms with Crippen LogP contribution in [0.1, 0.15) is 5.56 Å². The third-order valence-corrected chi connectivity index (χ3v) is 2.30. The predicted molar refractivity (Wildman–Crippen MR) is 64.1 cm³/mol. The number of aliphatic hydroxyl groups excluding tert-OH is 1. The summed E-state index contributed by atoms with van der Waals surface area (Å²) in [6, 6.07) is 6.96. The van der Waals surface area contributed by atoms with Crippen molar-refractivity contribution in [2.45, 2.75) is 0 Å². The number of hydrogen-bond donors (Lipinski definition) is 2. The summed E-state index contributed by atoms with van der Waals surface area (Å²) >= 11 is 0. The second-order valence-corrected chi connectivity index (χ2v) is 3.56. The molecule has 2 rings (SSSR count). The maximum atomic E-state index is 11.8. The molecule has 2 heterocycles. The van der Waals surface area contributed by atoms with E-state index in [-0.39, 0.29) is 24.7 Å². The predicted octanol–water partition coefficient (Wildman–Crippen LogP) is -0.506. The molecule has 0 amide bonds. The molecule has 0 saturated heterocycles. The molecule has 19 heavy (non-hydrogen) atoms. The Kier molecular flexibility index (Phi) is 3.85. The van der Waals surface area contributed by atoms with Crippen molar-refractivity contribution in [3.05, 3.63) is 40.3 Å². The van der Waals surface area contributed by atoms with Gasteiger partial charge in [0.2, 0.25) is 5.56 Å². The first-order valence-electron chi connectivity index (χ1n) is 5.51. The first-order chi connectivity index (χ1) is 9.26. The Morgan fingerprint density at radius 3 is 3.00 bits per heavy atom. The Balaban J connectivity index is 2.51. The van der Waals surface area contributed by atoms with Gasteiger partial charge in [0.15, 0.2) is 5.69 Å². The van der Waals surface area contributed by atoms with Crippen LogP contribution in [0, 0.1) is 11.3 Å². The van der Waals surface area contributed by atoms with Crippen molar-refractivity contribution >= 4 is 0 Å². The number of pyridine rings is 1. The Labute approximate surface area is 108 Å². The summed E-state index contributed by atoms with van der Waals surface area (Å²) in [6.45, 7) is -0.235. The number of aromatic nitrogens is 3. The molecule has 0 radical (unpaired) electrons. The molecule has 0 fully saturated rings. The maximum Gasteiger partial charge on any atom is 0.357 e. The standard InChI is InChI=1S/C12H10N4O3/c13-7-8-11(18)15-10(9-3-1-2-4-14-9)16-12(8)19-6-5-17/h1-4,17H,5-6H2,(H,15,16,18)/p+1. The van der Waals surface area contributed by atoms with Crippen molar-refractivity contribution in [3.8, 4) is 23.5 Å². The molecule has 0 aliphatic heterocycles. The molecule has 0 spiro atoms. The number of rotatable bonds is 4. The average molecular weight is 259 g/mol. The van der Waals surface area contributed by atoms with Gasteiger partial charge in [-0.15, -0.1) is 0 Å². The van der Waals surface area contributed by atoms with Gasteiger partial charge in [-0.05, 0) is 12.1 Å². The van der Waals surface area contributed by atoms with Crippen LogP contribution in [-0.4, -0.2) is 28.3 Å². The van der Waals surface area contributed by atoms with Crippen LogP contribution >= 0.6 is 0 Å². The highest BCUT2D eigenvalue weighted by molar-refractivity contribution is 5.46. The van der Waals surface area contributed by atoms with Crippen LogP contribution in [0.25, 0.3) is 11.5 Å². The number of ether oxygens (including phenoxy) is 1. The molecule has 0 aromatic carbocycles. The molecule has 0 saturated carbocycles. The lowest BCUT2D eigenvalue weighted by Crippen LogP contribution is -2.26. The van der Waals surface area contributed by atoms with E-state index in [9.17, 15) is 4.79 Å². The zero-order valence-electron chi connectivity index (χ0n) is 9.88. The van der Waals surface area contributed by atoms with E-state index in [0.29, 0.717) is 11.5 Å². The highest BCUT2D eigenvalue weighted by Crippen LogP contribution is 2.10. The van der Waals surface area contributed by atoms with Crippen molar-refractivity contribution in [2.24, 2.45) is 0 Å². The molecule has 3 N–H and O–H groups in total. The monoisotopic (exact) mass is 259 g/mol. The largest absolute Gasteiger partial charge is 0.459 e. The minimum absolute atomic E-state index is 0.0148. The quantitative estimate of drug-likeness (QED) is 0.768. The molecular formula is C12H11N4O3+. The fraction of sp³-hybridized carbons (Fsp3) is 0.167. The van der Waals surface area contributed by atoms with E-state index >= 15 is 0 Å². The fourth-order valence-electron chi connectivity index (χ4n) is 1.48. The highest BCUT2D eigenvalue weighted by atomic mass is 16.5. The molecule has 2 aromatic heterocycles. The van der Waals surface area contributed by atoms with Crippen LogP contribution in [0.3, 0.4) is 0 Å². The Hall–Kier alpha value is -2.72. The van der Waals surface area contributed by atoms with Gasteiger partial charge in [0.05, 0.1) is 6.61 Å². The Morgan fingerprint density at radius 1 is 1.53 bits per heavy atom. The third kappa shape index (κ3) is 2.75. The second kappa shape index (κ2) is 5.75. The lowest BCUT2D eigenvalue weighted by atomic mass is 10.3. The van der Waals surface area contributed by atoms with Crippen LogP contribution in [0.15, 0.2) is 29.2 Å². The summed E-state index contributed by atoms with van der Waals surface area (Å²) in [5.74, 6) is 0.346. The van der Waals surface area contributed by atoms with Crippen LogP contribution in [-0.2, 0) is 0 Å². The lowest BCUT2D eigenvalue weighted by Gasteiger charge is -2.02. The Bertz CT molecular complexity index is 661. The van der Waals surface area contributed by atoms with Gasteiger partial charge in [0.1, 0.15) is 12.7 Å². The lowest BCUT2D eigenvalue weighted by molar-refractivity contribution is -0.387. The number of hydrogen-bond acceptors (Lipinski definition) is 5. The normalized spacial score (nSPS) is 9.89. The van der Waals surface area contributed by atoms with Gasteiger partial charge in [-0.2, -0.15) is 5.26 Å². The third-order valence-electron chi connectivity index (χ3n) is 2.30. The summed E-state index contributed by atoms with van der Waals surface area (Å²) in [4.78, 5) is 21.1. The average Bonchev–Trinajstić information content (AvgIpc) is 2.45. The second-order valence-electron chi connectivity index (χ2n) is 3.56. The molecule has 0 bridgehead atoms. The van der Waals surface area contributed by atoms with Gasteiger partial charge in [-0.25, -0.2) is 19.7 Å². The topological polar surface area (TPSA) is 113 Å². The van der Waals surface area contributed by atoms with Crippen molar-refractivity contribution in [1.82, 2.24) is 9.97 Å². The number of aliphatic hydroxyl groups is 1. The molecule has 0 aliphatic carbocycles. The number of nitrogens with one attached hydrogen (secondary N) is 2. The van der Waals surface area contributed by atoms with Gasteiger partial charge in [0, 0.05) is 6.20 Å². The van der Waals surface area contributed by atoms with Gasteiger partial charge >= 0.3 is 17.3 Å². The summed E-state index contributed by atoms with van der Waals surface area (Å²) < 4.78 is 5.14. The maximum absolute atomic E-state index is 11.8. The van der Waals surface area contributed by atoms with Crippen molar-refractivity contribution in [3.63, 3.8) is 0 Å². The molecule has 0 unspecified atom stereocenters. The van der Waals surface area contributed by atoms with Crippen molar-refractivity contribution in [2.75, 3.05) is 13.2 Å². The summed E-state index contributed by atoms with van der Waals surface area (Å²) in [5.41, 5.74) is -0.235. The first kappa shape index (κ1) is 12.7. The molecular weight excluding hydrogens is 248 g/mol. The van der Waals surface area contributed by atoms with E-state index in [1.807, 2.05) is 0 Å². The number of aromatic amines is 2. The van der Waals surface area contributed by atoms with E-state index in [1.165, 1.54) is 0 Å². The fourth-order valence-corrected chi connectivity index (χ4v) is 1.48. The van der Waals surface area contributed by atoms with E-state index in [2.05, 4.69) is 15.0 Å². The summed E-state index contributed by atoms with van der Waals surface area (Å²) in [5, 5.41) is 17.6. The molecule has 7 nitrogen and oxygen atoms in total. The molecule has 96 valence electrons. The molecule has 2 aromatic rings. The zero-order valence-corrected chi connectivity index (χ0v) is 9.88. The van der Waals surface area contributed by atoms with Crippen molar-refractivity contribution < 1.29 is 14.8 Å². The van der Waals surface area contributed by atoms with Crippen LogP contribution < -0.4 is 15.3 Å². The van der Waals surface area contributed by atoms with E-state index in [1.54, 1.807) is 30.5 Å². The number of nitriles is 1. The van der Waals surface area contributed by atoms with Gasteiger partial charge in [-0.1, -0.05) is 6.07 Å². The van der Waals surface area contributed by atoms with E-state index in [4.69, 9.17) is 15.1 Å². The Morgan fingerprint density at radius 2 is 2.37 bits per heavy atom. The molecule has 7 heteroatoms. The zero-order chi connectivity index (χ0) is 13.7. The number of nitrogens with zero attached hydrogens (tertiary/aromatic N) is 2. The summed E-state index contributed by atoms with van der Waals surface area (Å²) in [7, 11) is 0. The van der Waals surface area contributed by atoms with Crippen LogP contribution in [0.4, 0.5) is 0 Å². The first-order valence-corrected chi connectivity index (χ1v) is 5.51. The van der Waals surface area contributed by atoms with Gasteiger partial charge in [-0.3, -0.25) is 0 Å². The van der Waals surface area contributed by atoms with Gasteiger partial charge in [0.25, 0.3) is 0 Å². The summed E-state index contributed by atoms with van der Waals surface area (Å²) in [6.07, 6.45) is 1.58. The molecule has 0 atom stereocenters.